The standard InChI is InChI=1S/C16H13BrN2O4/c1-9-4-11(17)6-19(16(9)22)7-13(20)10-2-3-14-12(5-10)18-15(21)8-23-14/h2-6H,7-8H2,1H3,(H,18,21). The third-order valence-electron chi connectivity index (χ3n) is 3.48. The van der Waals surface area contributed by atoms with Crippen LogP contribution in [0.4, 0.5) is 5.69 Å². The normalized spacial score (nSPS) is 13.0. The van der Waals surface area contributed by atoms with Gasteiger partial charge in [0.25, 0.3) is 11.5 Å². The first-order valence-electron chi connectivity index (χ1n) is 6.90. The number of carbonyl (C=O) groups is 2. The minimum atomic E-state index is -0.263. The number of carbonyl (C=O) groups excluding carboxylic acids is 2. The third kappa shape index (κ3) is 3.19. The van der Waals surface area contributed by atoms with Gasteiger partial charge in [-0.05, 0) is 47.1 Å². The second-order valence-electron chi connectivity index (χ2n) is 5.25. The van der Waals surface area contributed by atoms with E-state index in [-0.39, 0.29) is 30.4 Å². The lowest BCUT2D eigenvalue weighted by molar-refractivity contribution is -0.118. The first kappa shape index (κ1) is 15.5. The summed E-state index contributed by atoms with van der Waals surface area (Å²) in [6, 6.07) is 6.52. The van der Waals surface area contributed by atoms with E-state index in [1.807, 2.05) is 0 Å². The van der Waals surface area contributed by atoms with Crippen LogP contribution in [0.5, 0.6) is 5.75 Å². The van der Waals surface area contributed by atoms with Gasteiger partial charge in [0.1, 0.15) is 5.75 Å². The van der Waals surface area contributed by atoms with Gasteiger partial charge in [-0.15, -0.1) is 0 Å². The fourth-order valence-electron chi connectivity index (χ4n) is 2.36. The second-order valence-corrected chi connectivity index (χ2v) is 6.16. The van der Waals surface area contributed by atoms with Gasteiger partial charge in [-0.25, -0.2) is 0 Å². The molecule has 118 valence electrons. The number of halogens is 1. The van der Waals surface area contributed by atoms with Crippen LogP contribution >= 0.6 is 15.9 Å². The number of nitrogens with zero attached hydrogens (tertiary/aromatic N) is 1. The monoisotopic (exact) mass is 376 g/mol. The van der Waals surface area contributed by atoms with Gasteiger partial charge >= 0.3 is 0 Å². The van der Waals surface area contributed by atoms with E-state index >= 15 is 0 Å². The number of hydrogen-bond acceptors (Lipinski definition) is 4. The fourth-order valence-corrected chi connectivity index (χ4v) is 2.95. The summed E-state index contributed by atoms with van der Waals surface area (Å²) in [5, 5.41) is 2.66. The third-order valence-corrected chi connectivity index (χ3v) is 3.91. The predicted molar refractivity (Wildman–Crippen MR) is 88.0 cm³/mol. The lowest BCUT2D eigenvalue weighted by Crippen LogP contribution is -2.27. The number of amides is 1. The van der Waals surface area contributed by atoms with E-state index in [9.17, 15) is 14.4 Å². The molecule has 1 aliphatic rings. The first-order chi connectivity index (χ1) is 10.9. The lowest BCUT2D eigenvalue weighted by atomic mass is 10.1. The van der Waals surface area contributed by atoms with Crippen molar-refractivity contribution in [3.8, 4) is 5.75 Å². The molecule has 1 aromatic heterocycles. The Kier molecular flexibility index (Phi) is 4.04. The molecule has 1 N–H and O–H groups in total. The average Bonchev–Trinajstić information content (AvgIpc) is 2.51. The minimum Gasteiger partial charge on any atom is -0.482 e. The Morgan fingerprint density at radius 1 is 1.35 bits per heavy atom. The Balaban J connectivity index is 1.89. The molecule has 1 aromatic carbocycles. The molecule has 0 fully saturated rings. The second kappa shape index (κ2) is 6.00. The zero-order valence-corrected chi connectivity index (χ0v) is 13.8. The van der Waals surface area contributed by atoms with Crippen LogP contribution in [0.25, 0.3) is 0 Å². The SMILES string of the molecule is Cc1cc(Br)cn(CC(=O)c2ccc3c(c2)NC(=O)CO3)c1=O. The Bertz CT molecular complexity index is 873. The summed E-state index contributed by atoms with van der Waals surface area (Å²) in [5.74, 6) is 0.0322. The van der Waals surface area contributed by atoms with Crippen molar-refractivity contribution >= 4 is 33.3 Å². The molecule has 2 aromatic rings. The number of Topliss-reactive ketones (excluding diaryl/α,β-unsaturated/α-hetero) is 1. The summed E-state index contributed by atoms with van der Waals surface area (Å²) in [6.07, 6.45) is 1.58. The molecule has 2 heterocycles. The molecule has 0 spiro atoms. The zero-order valence-electron chi connectivity index (χ0n) is 12.3. The van der Waals surface area contributed by atoms with Crippen LogP contribution in [0, 0.1) is 6.92 Å². The zero-order chi connectivity index (χ0) is 16.6. The quantitative estimate of drug-likeness (QED) is 0.832. The number of ether oxygens (including phenoxy) is 1. The van der Waals surface area contributed by atoms with Crippen LogP contribution in [0.3, 0.4) is 0 Å². The maximum Gasteiger partial charge on any atom is 0.262 e. The molecule has 7 heteroatoms. The van der Waals surface area contributed by atoms with Crippen molar-refractivity contribution in [2.75, 3.05) is 11.9 Å². The molecular formula is C16H13BrN2O4. The Labute approximate surface area is 140 Å². The molecule has 0 atom stereocenters. The van der Waals surface area contributed by atoms with Gasteiger partial charge in [0.15, 0.2) is 12.4 Å². The maximum absolute atomic E-state index is 12.4. The largest absolute Gasteiger partial charge is 0.482 e. The van der Waals surface area contributed by atoms with Crippen molar-refractivity contribution < 1.29 is 14.3 Å². The molecule has 23 heavy (non-hydrogen) atoms. The van der Waals surface area contributed by atoms with Crippen molar-refractivity contribution in [1.29, 1.82) is 0 Å². The highest BCUT2D eigenvalue weighted by atomic mass is 79.9. The van der Waals surface area contributed by atoms with Crippen molar-refractivity contribution in [1.82, 2.24) is 4.57 Å². The molecule has 1 amide bonds. The van der Waals surface area contributed by atoms with Gasteiger partial charge in [-0.3, -0.25) is 14.4 Å². The summed E-state index contributed by atoms with van der Waals surface area (Å²) in [7, 11) is 0. The number of rotatable bonds is 3. The van der Waals surface area contributed by atoms with Gasteiger partial charge in [0, 0.05) is 21.8 Å². The van der Waals surface area contributed by atoms with Crippen molar-refractivity contribution in [3.05, 3.63) is 56.4 Å². The smallest absolute Gasteiger partial charge is 0.262 e. The number of fused-ring (bicyclic) bond motifs is 1. The topological polar surface area (TPSA) is 77.4 Å². The first-order valence-corrected chi connectivity index (χ1v) is 7.70. The molecule has 0 unspecified atom stereocenters. The predicted octanol–water partition coefficient (Wildman–Crippen LogP) is 2.13. The molecule has 0 saturated carbocycles. The average molecular weight is 377 g/mol. The van der Waals surface area contributed by atoms with E-state index in [0.717, 1.165) is 4.47 Å². The van der Waals surface area contributed by atoms with Crippen LogP contribution in [0.15, 0.2) is 39.7 Å². The lowest BCUT2D eigenvalue weighted by Gasteiger charge is -2.18. The number of aromatic nitrogens is 1. The number of hydrogen-bond donors (Lipinski definition) is 1. The van der Waals surface area contributed by atoms with E-state index in [0.29, 0.717) is 22.6 Å². The number of nitrogens with one attached hydrogen (secondary N) is 1. The van der Waals surface area contributed by atoms with Crippen molar-refractivity contribution in [3.63, 3.8) is 0 Å². The number of anilines is 1. The molecule has 0 radical (unpaired) electrons. The summed E-state index contributed by atoms with van der Waals surface area (Å²) in [4.78, 5) is 35.8. The fraction of sp³-hybridized carbons (Fsp3) is 0.188. The van der Waals surface area contributed by atoms with E-state index in [1.54, 1.807) is 37.4 Å². The Morgan fingerprint density at radius 2 is 2.13 bits per heavy atom. The summed E-state index contributed by atoms with van der Waals surface area (Å²) in [5.41, 5.74) is 1.21. The highest BCUT2D eigenvalue weighted by molar-refractivity contribution is 9.10. The van der Waals surface area contributed by atoms with Gasteiger partial charge in [0.05, 0.1) is 12.2 Å². The Hall–Kier alpha value is -2.41. The van der Waals surface area contributed by atoms with Gasteiger partial charge in [-0.1, -0.05) is 0 Å². The van der Waals surface area contributed by atoms with Crippen molar-refractivity contribution in [2.24, 2.45) is 0 Å². The van der Waals surface area contributed by atoms with Crippen LogP contribution < -0.4 is 15.6 Å². The minimum absolute atomic E-state index is 0.0347. The molecule has 0 aliphatic carbocycles. The van der Waals surface area contributed by atoms with Crippen LogP contribution in [0.1, 0.15) is 15.9 Å². The van der Waals surface area contributed by atoms with E-state index in [2.05, 4.69) is 21.2 Å². The summed E-state index contributed by atoms with van der Waals surface area (Å²) in [6.45, 7) is 1.58. The number of aryl methyl sites for hydroxylation is 1. The number of ketones is 1. The highest BCUT2D eigenvalue weighted by Gasteiger charge is 2.18. The van der Waals surface area contributed by atoms with Gasteiger partial charge in [-0.2, -0.15) is 0 Å². The van der Waals surface area contributed by atoms with E-state index in [4.69, 9.17) is 4.74 Å². The molecule has 1 aliphatic heterocycles. The van der Waals surface area contributed by atoms with Crippen LogP contribution in [-0.2, 0) is 11.3 Å². The summed E-state index contributed by atoms with van der Waals surface area (Å²) >= 11 is 3.31. The molecule has 0 bridgehead atoms. The molecular weight excluding hydrogens is 364 g/mol. The number of pyridine rings is 1. The summed E-state index contributed by atoms with van der Waals surface area (Å²) < 4.78 is 7.34. The molecule has 0 saturated heterocycles. The van der Waals surface area contributed by atoms with Crippen LogP contribution in [-0.4, -0.2) is 22.9 Å². The van der Waals surface area contributed by atoms with E-state index < -0.39 is 0 Å². The van der Waals surface area contributed by atoms with Gasteiger partial charge < -0.3 is 14.6 Å². The van der Waals surface area contributed by atoms with Gasteiger partial charge in [0.2, 0.25) is 0 Å². The van der Waals surface area contributed by atoms with Crippen LogP contribution in [0.2, 0.25) is 0 Å². The molecule has 3 rings (SSSR count). The number of benzene rings is 1. The maximum atomic E-state index is 12.4. The Morgan fingerprint density at radius 3 is 2.91 bits per heavy atom. The van der Waals surface area contributed by atoms with E-state index in [1.165, 1.54) is 4.57 Å². The molecule has 6 nitrogen and oxygen atoms in total. The highest BCUT2D eigenvalue weighted by Crippen LogP contribution is 2.28. The van der Waals surface area contributed by atoms with Crippen molar-refractivity contribution in [2.45, 2.75) is 13.5 Å².